The molecule has 2 atom stereocenters. The van der Waals surface area contributed by atoms with E-state index in [9.17, 15) is 4.79 Å². The highest BCUT2D eigenvalue weighted by molar-refractivity contribution is 5.66. The number of rotatable bonds is 5. The Labute approximate surface area is 88.7 Å². The van der Waals surface area contributed by atoms with Crippen LogP contribution >= 0.6 is 0 Å². The first-order valence-electron chi connectivity index (χ1n) is 5.17. The van der Waals surface area contributed by atoms with E-state index in [4.69, 9.17) is 9.84 Å². The van der Waals surface area contributed by atoms with Gasteiger partial charge in [0.15, 0.2) is 0 Å². The van der Waals surface area contributed by atoms with Gasteiger partial charge in [-0.25, -0.2) is 0 Å². The Bertz CT molecular complexity index is 334. The number of carbonyl (C=O) groups is 1. The quantitative estimate of drug-likeness (QED) is 0.748. The van der Waals surface area contributed by atoms with Gasteiger partial charge in [-0.05, 0) is 12.0 Å². The van der Waals surface area contributed by atoms with E-state index in [2.05, 4.69) is 12.1 Å². The largest absolute Gasteiger partial charge is 0.481 e. The van der Waals surface area contributed by atoms with Crippen LogP contribution in [0.3, 0.4) is 0 Å². The molecular weight excluding hydrogens is 192 g/mol. The van der Waals surface area contributed by atoms with Gasteiger partial charge in [-0.3, -0.25) is 4.79 Å². The van der Waals surface area contributed by atoms with Crippen molar-refractivity contribution in [1.29, 1.82) is 0 Å². The van der Waals surface area contributed by atoms with Crippen LogP contribution in [0.15, 0.2) is 30.3 Å². The summed E-state index contributed by atoms with van der Waals surface area (Å²) >= 11 is 0. The van der Waals surface area contributed by atoms with Crippen LogP contribution in [0.4, 0.5) is 0 Å². The Hall–Kier alpha value is -1.35. The molecule has 1 aromatic rings. The minimum absolute atomic E-state index is 0.154. The van der Waals surface area contributed by atoms with Gasteiger partial charge >= 0.3 is 5.97 Å². The second kappa shape index (κ2) is 4.45. The predicted octanol–water partition coefficient (Wildman–Crippen LogP) is 1.86. The fourth-order valence-electron chi connectivity index (χ4n) is 1.72. The molecule has 80 valence electrons. The van der Waals surface area contributed by atoms with Crippen molar-refractivity contribution < 1.29 is 14.6 Å². The number of hydrogen-bond donors (Lipinski definition) is 1. The van der Waals surface area contributed by atoms with E-state index in [1.807, 2.05) is 18.2 Å². The summed E-state index contributed by atoms with van der Waals surface area (Å²) in [6.45, 7) is 0. The molecule has 0 radical (unpaired) electrons. The first-order valence-corrected chi connectivity index (χ1v) is 5.17. The maximum absolute atomic E-state index is 10.3. The van der Waals surface area contributed by atoms with E-state index in [0.717, 1.165) is 6.42 Å². The topological polar surface area (TPSA) is 49.8 Å². The van der Waals surface area contributed by atoms with Crippen LogP contribution in [0.5, 0.6) is 0 Å². The van der Waals surface area contributed by atoms with Crippen LogP contribution in [0, 0.1) is 0 Å². The number of hydrogen-bond acceptors (Lipinski definition) is 2. The van der Waals surface area contributed by atoms with Gasteiger partial charge in [0, 0.05) is 12.8 Å². The second-order valence-electron chi connectivity index (χ2n) is 3.84. The van der Waals surface area contributed by atoms with Crippen molar-refractivity contribution in [3.63, 3.8) is 0 Å². The Balaban J connectivity index is 1.73. The summed E-state index contributed by atoms with van der Waals surface area (Å²) in [5, 5.41) is 8.51. The Morgan fingerprint density at radius 3 is 2.67 bits per heavy atom. The molecule has 1 heterocycles. The molecule has 0 aromatic heterocycles. The first kappa shape index (κ1) is 10.2. The van der Waals surface area contributed by atoms with Crippen LogP contribution in [-0.2, 0) is 16.0 Å². The molecule has 1 fully saturated rings. The van der Waals surface area contributed by atoms with Crippen LogP contribution in [-0.4, -0.2) is 23.3 Å². The number of ether oxygens (including phenoxy) is 1. The van der Waals surface area contributed by atoms with Gasteiger partial charge in [0.2, 0.25) is 0 Å². The third-order valence-corrected chi connectivity index (χ3v) is 2.61. The molecule has 0 unspecified atom stereocenters. The summed E-state index contributed by atoms with van der Waals surface area (Å²) in [5.74, 6) is -0.746. The zero-order valence-electron chi connectivity index (χ0n) is 8.43. The summed E-state index contributed by atoms with van der Waals surface area (Å²) < 4.78 is 5.41. The minimum Gasteiger partial charge on any atom is -0.481 e. The van der Waals surface area contributed by atoms with Crippen molar-refractivity contribution in [3.8, 4) is 0 Å². The normalized spacial score (nSPS) is 23.7. The summed E-state index contributed by atoms with van der Waals surface area (Å²) in [7, 11) is 0. The van der Waals surface area contributed by atoms with Crippen molar-refractivity contribution in [2.24, 2.45) is 0 Å². The fraction of sp³-hybridized carbons (Fsp3) is 0.417. The highest BCUT2D eigenvalue weighted by Gasteiger charge is 2.38. The van der Waals surface area contributed by atoms with E-state index in [0.29, 0.717) is 6.42 Å². The average Bonchev–Trinajstić information content (AvgIpc) is 2.95. The molecule has 0 amide bonds. The van der Waals surface area contributed by atoms with Crippen molar-refractivity contribution in [2.75, 3.05) is 0 Å². The van der Waals surface area contributed by atoms with Gasteiger partial charge in [0.25, 0.3) is 0 Å². The Kier molecular flexibility index (Phi) is 3.02. The van der Waals surface area contributed by atoms with Gasteiger partial charge in [0.05, 0.1) is 12.2 Å². The lowest BCUT2D eigenvalue weighted by atomic mass is 10.1. The molecule has 1 aliphatic heterocycles. The number of aliphatic carboxylic acids is 1. The van der Waals surface area contributed by atoms with E-state index in [-0.39, 0.29) is 18.6 Å². The maximum Gasteiger partial charge on any atom is 0.303 e. The van der Waals surface area contributed by atoms with Crippen molar-refractivity contribution in [1.82, 2.24) is 0 Å². The number of epoxide rings is 1. The maximum atomic E-state index is 10.3. The van der Waals surface area contributed by atoms with E-state index in [1.165, 1.54) is 5.56 Å². The molecule has 1 aromatic carbocycles. The molecule has 0 aliphatic carbocycles. The van der Waals surface area contributed by atoms with E-state index >= 15 is 0 Å². The minimum atomic E-state index is -0.746. The second-order valence-corrected chi connectivity index (χ2v) is 3.84. The van der Waals surface area contributed by atoms with Crippen LogP contribution < -0.4 is 0 Å². The first-order chi connectivity index (χ1) is 7.25. The lowest BCUT2D eigenvalue weighted by molar-refractivity contribution is -0.137. The third-order valence-electron chi connectivity index (χ3n) is 2.61. The fourth-order valence-corrected chi connectivity index (χ4v) is 1.72. The SMILES string of the molecule is O=C(O)CC[C@H]1O[C@@H]1Cc1ccccc1. The third kappa shape index (κ3) is 3.06. The Morgan fingerprint density at radius 2 is 2.00 bits per heavy atom. The molecule has 0 saturated carbocycles. The lowest BCUT2D eigenvalue weighted by Gasteiger charge is -1.96. The van der Waals surface area contributed by atoms with Crippen LogP contribution in [0.1, 0.15) is 18.4 Å². The summed E-state index contributed by atoms with van der Waals surface area (Å²) in [6.07, 6.45) is 2.11. The van der Waals surface area contributed by atoms with Gasteiger partial charge < -0.3 is 9.84 Å². The molecule has 1 saturated heterocycles. The highest BCUT2D eigenvalue weighted by Crippen LogP contribution is 2.29. The number of carboxylic acids is 1. The highest BCUT2D eigenvalue weighted by atomic mass is 16.6. The van der Waals surface area contributed by atoms with Gasteiger partial charge in [-0.2, -0.15) is 0 Å². The summed E-state index contributed by atoms with van der Waals surface area (Å²) in [4.78, 5) is 10.3. The van der Waals surface area contributed by atoms with Gasteiger partial charge in [-0.15, -0.1) is 0 Å². The summed E-state index contributed by atoms with van der Waals surface area (Å²) in [6, 6.07) is 10.1. The van der Waals surface area contributed by atoms with Gasteiger partial charge in [0.1, 0.15) is 0 Å². The van der Waals surface area contributed by atoms with Crippen LogP contribution in [0.25, 0.3) is 0 Å². The predicted molar refractivity (Wildman–Crippen MR) is 55.7 cm³/mol. The van der Waals surface area contributed by atoms with Crippen LogP contribution in [0.2, 0.25) is 0 Å². The van der Waals surface area contributed by atoms with Crippen molar-refractivity contribution in [3.05, 3.63) is 35.9 Å². The molecule has 3 nitrogen and oxygen atoms in total. The zero-order valence-corrected chi connectivity index (χ0v) is 8.43. The van der Waals surface area contributed by atoms with E-state index < -0.39 is 5.97 Å². The number of benzene rings is 1. The Morgan fingerprint density at radius 1 is 1.27 bits per heavy atom. The lowest BCUT2D eigenvalue weighted by Crippen LogP contribution is -2.02. The molecule has 15 heavy (non-hydrogen) atoms. The summed E-state index contributed by atoms with van der Waals surface area (Å²) in [5.41, 5.74) is 1.25. The number of carboxylic acid groups (broad SMARTS) is 1. The standard InChI is InChI=1S/C12H14O3/c13-12(14)7-6-10-11(15-10)8-9-4-2-1-3-5-9/h1-5,10-11H,6-8H2,(H,13,14)/t10-,11-/m1/s1. The monoisotopic (exact) mass is 206 g/mol. The van der Waals surface area contributed by atoms with Crippen molar-refractivity contribution >= 4 is 5.97 Å². The molecule has 0 spiro atoms. The molecular formula is C12H14O3. The molecule has 3 heteroatoms. The van der Waals surface area contributed by atoms with Crippen molar-refractivity contribution in [2.45, 2.75) is 31.5 Å². The van der Waals surface area contributed by atoms with Gasteiger partial charge in [-0.1, -0.05) is 30.3 Å². The molecule has 2 rings (SSSR count). The molecule has 0 bridgehead atoms. The van der Waals surface area contributed by atoms with E-state index in [1.54, 1.807) is 0 Å². The molecule has 1 N–H and O–H groups in total. The molecule has 1 aliphatic rings. The smallest absolute Gasteiger partial charge is 0.303 e. The average molecular weight is 206 g/mol. The zero-order chi connectivity index (χ0) is 10.7.